The van der Waals surface area contributed by atoms with E-state index in [1.165, 1.54) is 25.1 Å². The Morgan fingerprint density at radius 3 is 2.73 bits per heavy atom. The number of aromatic amines is 1. The lowest BCUT2D eigenvalue weighted by Crippen LogP contribution is -2.31. The number of nitriles is 1. The SMILES string of the molecule is CC1(c2ccccc2F)OC(c2cc3cc(Cl)ccc3[nH]2)=C(C#N)C1=O. The van der Waals surface area contributed by atoms with Crippen molar-refractivity contribution in [1.82, 2.24) is 4.98 Å². The molecule has 0 saturated carbocycles. The van der Waals surface area contributed by atoms with Crippen LogP contribution in [0.1, 0.15) is 18.2 Å². The summed E-state index contributed by atoms with van der Waals surface area (Å²) in [5.41, 5.74) is -0.405. The largest absolute Gasteiger partial charge is 0.471 e. The van der Waals surface area contributed by atoms with Gasteiger partial charge in [0.2, 0.25) is 5.78 Å². The fraction of sp³-hybridized carbons (Fsp3) is 0.100. The number of ether oxygens (including phenoxy) is 1. The summed E-state index contributed by atoms with van der Waals surface area (Å²) >= 11 is 6.00. The van der Waals surface area contributed by atoms with Crippen LogP contribution in [0.15, 0.2) is 54.1 Å². The average Bonchev–Trinajstić information content (AvgIpc) is 3.14. The molecule has 1 unspecified atom stereocenters. The Labute approximate surface area is 153 Å². The van der Waals surface area contributed by atoms with Gasteiger partial charge in [0.1, 0.15) is 17.5 Å². The minimum absolute atomic E-state index is 0.0897. The fourth-order valence-corrected chi connectivity index (χ4v) is 3.37. The molecule has 1 N–H and O–H groups in total. The van der Waals surface area contributed by atoms with E-state index in [1.54, 1.807) is 30.3 Å². The predicted octanol–water partition coefficient (Wildman–Crippen LogP) is 4.71. The molecule has 6 heteroatoms. The number of rotatable bonds is 2. The molecule has 0 saturated heterocycles. The summed E-state index contributed by atoms with van der Waals surface area (Å²) in [4.78, 5) is 16.0. The molecule has 2 heterocycles. The number of aromatic nitrogens is 1. The van der Waals surface area contributed by atoms with E-state index in [0.717, 1.165) is 10.9 Å². The number of carbonyl (C=O) groups is 1. The molecular formula is C20H12ClFN2O2. The standard InChI is InChI=1S/C20H12ClFN2O2/c1-20(14-4-2-3-5-15(14)22)19(25)13(10-23)18(26-20)17-9-11-8-12(21)6-7-16(11)24-17/h2-9,24H,1H3. The molecule has 3 aromatic rings. The van der Waals surface area contributed by atoms with Crippen LogP contribution < -0.4 is 0 Å². The third-order valence-corrected chi connectivity index (χ3v) is 4.76. The molecule has 26 heavy (non-hydrogen) atoms. The molecule has 1 aliphatic rings. The lowest BCUT2D eigenvalue weighted by molar-refractivity contribution is -0.128. The molecule has 0 fully saturated rings. The normalized spacial score (nSPS) is 19.7. The van der Waals surface area contributed by atoms with Gasteiger partial charge in [0.25, 0.3) is 0 Å². The van der Waals surface area contributed by atoms with Gasteiger partial charge in [-0.1, -0.05) is 29.8 Å². The minimum Gasteiger partial charge on any atom is -0.471 e. The highest BCUT2D eigenvalue weighted by molar-refractivity contribution is 6.31. The number of benzene rings is 2. The quantitative estimate of drug-likeness (QED) is 0.714. The number of hydrogen-bond acceptors (Lipinski definition) is 3. The highest BCUT2D eigenvalue weighted by Crippen LogP contribution is 2.43. The van der Waals surface area contributed by atoms with Crippen molar-refractivity contribution in [2.75, 3.05) is 0 Å². The lowest BCUT2D eigenvalue weighted by Gasteiger charge is -2.24. The van der Waals surface area contributed by atoms with Gasteiger partial charge in [-0.3, -0.25) is 4.79 Å². The smallest absolute Gasteiger partial charge is 0.225 e. The van der Waals surface area contributed by atoms with Crippen LogP contribution in [0.4, 0.5) is 4.39 Å². The Bertz CT molecular complexity index is 1140. The van der Waals surface area contributed by atoms with Gasteiger partial charge in [0.15, 0.2) is 11.4 Å². The van der Waals surface area contributed by atoms with Crippen molar-refractivity contribution in [1.29, 1.82) is 5.26 Å². The molecule has 0 bridgehead atoms. The van der Waals surface area contributed by atoms with E-state index in [-0.39, 0.29) is 16.9 Å². The second kappa shape index (κ2) is 5.72. The molecule has 0 aliphatic carbocycles. The first-order valence-corrected chi connectivity index (χ1v) is 8.23. The average molecular weight is 367 g/mol. The highest BCUT2D eigenvalue weighted by Gasteiger charge is 2.49. The maximum Gasteiger partial charge on any atom is 0.225 e. The summed E-state index contributed by atoms with van der Waals surface area (Å²) in [7, 11) is 0. The van der Waals surface area contributed by atoms with E-state index < -0.39 is 17.2 Å². The van der Waals surface area contributed by atoms with Gasteiger partial charge < -0.3 is 9.72 Å². The van der Waals surface area contributed by atoms with Crippen molar-refractivity contribution < 1.29 is 13.9 Å². The molecule has 4 nitrogen and oxygen atoms in total. The fourth-order valence-electron chi connectivity index (χ4n) is 3.19. The van der Waals surface area contributed by atoms with Crippen LogP contribution in [-0.2, 0) is 15.1 Å². The Morgan fingerprint density at radius 2 is 2.00 bits per heavy atom. The van der Waals surface area contributed by atoms with Gasteiger partial charge in [-0.25, -0.2) is 4.39 Å². The molecule has 0 spiro atoms. The van der Waals surface area contributed by atoms with Crippen molar-refractivity contribution in [3.8, 4) is 6.07 Å². The van der Waals surface area contributed by atoms with Crippen molar-refractivity contribution in [2.24, 2.45) is 0 Å². The van der Waals surface area contributed by atoms with E-state index in [1.807, 2.05) is 6.07 Å². The van der Waals surface area contributed by atoms with Crippen molar-refractivity contribution >= 4 is 34.0 Å². The Morgan fingerprint density at radius 1 is 1.23 bits per heavy atom. The van der Waals surface area contributed by atoms with Crippen LogP contribution >= 0.6 is 11.6 Å². The van der Waals surface area contributed by atoms with E-state index >= 15 is 0 Å². The molecule has 0 radical (unpaired) electrons. The van der Waals surface area contributed by atoms with Gasteiger partial charge in [-0.05, 0) is 37.3 Å². The van der Waals surface area contributed by atoms with Crippen molar-refractivity contribution in [2.45, 2.75) is 12.5 Å². The van der Waals surface area contributed by atoms with Gasteiger partial charge >= 0.3 is 0 Å². The van der Waals surface area contributed by atoms with Crippen LogP contribution in [0.25, 0.3) is 16.7 Å². The summed E-state index contributed by atoms with van der Waals surface area (Å²) < 4.78 is 20.2. The van der Waals surface area contributed by atoms with E-state index in [4.69, 9.17) is 16.3 Å². The van der Waals surface area contributed by atoms with E-state index in [0.29, 0.717) is 10.7 Å². The molecule has 1 aromatic heterocycles. The van der Waals surface area contributed by atoms with Crippen LogP contribution in [0.2, 0.25) is 5.02 Å². The Balaban J connectivity index is 1.85. The van der Waals surface area contributed by atoms with Crippen molar-refractivity contribution in [3.63, 3.8) is 0 Å². The topological polar surface area (TPSA) is 65.9 Å². The monoisotopic (exact) mass is 366 g/mol. The van der Waals surface area contributed by atoms with Crippen LogP contribution in [0.5, 0.6) is 0 Å². The zero-order valence-corrected chi connectivity index (χ0v) is 14.4. The Hall–Kier alpha value is -3.10. The van der Waals surface area contributed by atoms with E-state index in [2.05, 4.69) is 4.98 Å². The number of nitrogens with one attached hydrogen (secondary N) is 1. The molecule has 1 aliphatic heterocycles. The zero-order valence-electron chi connectivity index (χ0n) is 13.6. The predicted molar refractivity (Wildman–Crippen MR) is 95.7 cm³/mol. The number of fused-ring (bicyclic) bond motifs is 1. The Kier molecular flexibility index (Phi) is 3.60. The van der Waals surface area contributed by atoms with Crippen LogP contribution in [-0.4, -0.2) is 10.8 Å². The lowest BCUT2D eigenvalue weighted by atomic mass is 9.89. The van der Waals surface area contributed by atoms with Gasteiger partial charge in [0, 0.05) is 21.5 Å². The van der Waals surface area contributed by atoms with Gasteiger partial charge in [0.05, 0.1) is 5.69 Å². The molecule has 2 aromatic carbocycles. The number of ketones is 1. The third-order valence-electron chi connectivity index (χ3n) is 4.52. The first-order chi connectivity index (χ1) is 12.4. The second-order valence-electron chi connectivity index (χ2n) is 6.17. The molecular weight excluding hydrogens is 355 g/mol. The first kappa shape index (κ1) is 16.4. The number of Topliss-reactive ketones (excluding diaryl/α,β-unsaturated/α-hetero) is 1. The summed E-state index contributed by atoms with van der Waals surface area (Å²) in [6.45, 7) is 1.47. The molecule has 128 valence electrons. The summed E-state index contributed by atoms with van der Waals surface area (Å²) in [5.74, 6) is -1.03. The van der Waals surface area contributed by atoms with Crippen LogP contribution in [0, 0.1) is 17.1 Å². The zero-order chi connectivity index (χ0) is 18.5. The number of halogens is 2. The van der Waals surface area contributed by atoms with Crippen LogP contribution in [0.3, 0.4) is 0 Å². The maximum atomic E-state index is 14.3. The number of carbonyl (C=O) groups excluding carboxylic acids is 1. The number of H-pyrrole nitrogens is 1. The van der Waals surface area contributed by atoms with Crippen molar-refractivity contribution in [3.05, 3.63) is 76.2 Å². The summed E-state index contributed by atoms with van der Waals surface area (Å²) in [6.07, 6.45) is 0. The molecule has 0 amide bonds. The van der Waals surface area contributed by atoms with Gasteiger partial charge in [-0.15, -0.1) is 0 Å². The summed E-state index contributed by atoms with van der Waals surface area (Å²) in [5, 5.41) is 10.9. The maximum absolute atomic E-state index is 14.3. The second-order valence-corrected chi connectivity index (χ2v) is 6.61. The number of hydrogen-bond donors (Lipinski definition) is 1. The number of nitrogens with zero attached hydrogens (tertiary/aromatic N) is 1. The summed E-state index contributed by atoms with van der Waals surface area (Å²) in [6, 6.07) is 14.8. The van der Waals surface area contributed by atoms with Gasteiger partial charge in [-0.2, -0.15) is 5.26 Å². The highest BCUT2D eigenvalue weighted by atomic mass is 35.5. The molecule has 1 atom stereocenters. The first-order valence-electron chi connectivity index (χ1n) is 7.86. The molecule has 4 rings (SSSR count). The minimum atomic E-state index is -1.60. The third kappa shape index (κ3) is 2.31. The van der Waals surface area contributed by atoms with E-state index in [9.17, 15) is 14.4 Å².